The molecule has 6 heteroatoms. The molecule has 0 aromatic heterocycles. The van der Waals surface area contributed by atoms with E-state index in [9.17, 15) is 0 Å². The summed E-state index contributed by atoms with van der Waals surface area (Å²) in [4.78, 5) is 0. The number of amidine groups is 1. The molecule has 0 saturated heterocycles. The average Bonchev–Trinajstić information content (AvgIpc) is 2.29. The number of benzene rings is 1. The van der Waals surface area contributed by atoms with Gasteiger partial charge in [-0.1, -0.05) is 28.9 Å². The summed E-state index contributed by atoms with van der Waals surface area (Å²) in [6.07, 6.45) is 0.840. The zero-order valence-electron chi connectivity index (χ0n) is 9.29. The number of nitrogens with two attached hydrogens (primary N) is 1. The molecule has 17 heavy (non-hydrogen) atoms. The number of hydrogen-bond acceptors (Lipinski definition) is 4. The number of rotatable bonds is 4. The fraction of sp³-hybridized carbons (Fsp3) is 0.182. The third-order valence-corrected chi connectivity index (χ3v) is 2.60. The molecule has 0 aliphatic rings. The third kappa shape index (κ3) is 3.57. The molecule has 0 atom stereocenters. The molecular weight excluding hydrogens is 282 g/mol. The molecule has 0 aliphatic heterocycles. The lowest BCUT2D eigenvalue weighted by Crippen LogP contribution is -2.22. The smallest absolute Gasteiger partial charge is 0.201 e. The van der Waals surface area contributed by atoms with E-state index in [2.05, 4.69) is 26.5 Å². The van der Waals surface area contributed by atoms with Crippen molar-refractivity contribution in [2.24, 2.45) is 10.8 Å². The molecule has 0 fully saturated rings. The fourth-order valence-corrected chi connectivity index (χ4v) is 1.58. The summed E-state index contributed by atoms with van der Waals surface area (Å²) in [5, 5.41) is 19.6. The van der Waals surface area contributed by atoms with Gasteiger partial charge in [0.2, 0.25) is 5.71 Å². The van der Waals surface area contributed by atoms with Crippen LogP contribution in [0.25, 0.3) is 0 Å². The van der Waals surface area contributed by atoms with Gasteiger partial charge in [0, 0.05) is 4.47 Å². The topological polar surface area (TPSA) is 98.0 Å². The molecule has 5 nitrogen and oxygen atoms in total. The summed E-state index contributed by atoms with van der Waals surface area (Å²) >= 11 is 3.36. The van der Waals surface area contributed by atoms with E-state index in [4.69, 9.17) is 16.4 Å². The monoisotopic (exact) mass is 293 g/mol. The first-order valence-corrected chi connectivity index (χ1v) is 5.74. The fourth-order valence-electron chi connectivity index (χ4n) is 1.22. The predicted octanol–water partition coefficient (Wildman–Crippen LogP) is 2.24. The van der Waals surface area contributed by atoms with Gasteiger partial charge >= 0.3 is 0 Å². The minimum Gasteiger partial charge on any atom is -0.382 e. The molecule has 0 heterocycles. The normalized spacial score (nSPS) is 10.8. The first-order valence-electron chi connectivity index (χ1n) is 4.95. The van der Waals surface area contributed by atoms with Crippen LogP contribution >= 0.6 is 15.9 Å². The molecule has 0 spiro atoms. The van der Waals surface area contributed by atoms with E-state index < -0.39 is 0 Å². The standard InChI is InChI=1S/C11H12BrN5/c1-2-7-3-4-8(12)5-9(7)16-17-10(6-13)11(14)15/h3-5,16H,2H2,1H3,(H3,14,15)/b17-10+. The van der Waals surface area contributed by atoms with Gasteiger partial charge in [0.15, 0.2) is 5.84 Å². The summed E-state index contributed by atoms with van der Waals surface area (Å²) in [6, 6.07) is 7.50. The number of hydrazone groups is 1. The van der Waals surface area contributed by atoms with Crippen LogP contribution < -0.4 is 11.2 Å². The van der Waals surface area contributed by atoms with Gasteiger partial charge in [-0.05, 0) is 24.1 Å². The number of nitrogens with zero attached hydrogens (tertiary/aromatic N) is 2. The van der Waals surface area contributed by atoms with Crippen molar-refractivity contribution in [3.05, 3.63) is 28.2 Å². The van der Waals surface area contributed by atoms with E-state index in [1.165, 1.54) is 0 Å². The summed E-state index contributed by atoms with van der Waals surface area (Å²) in [7, 11) is 0. The first-order chi connectivity index (χ1) is 8.08. The second-order valence-electron chi connectivity index (χ2n) is 3.25. The van der Waals surface area contributed by atoms with Gasteiger partial charge in [-0.2, -0.15) is 10.4 Å². The Kier molecular flexibility index (Phi) is 4.67. The number of nitriles is 1. The lowest BCUT2D eigenvalue weighted by atomic mass is 10.1. The van der Waals surface area contributed by atoms with Gasteiger partial charge in [0.05, 0.1) is 5.69 Å². The lowest BCUT2D eigenvalue weighted by Gasteiger charge is -2.07. The van der Waals surface area contributed by atoms with E-state index >= 15 is 0 Å². The highest BCUT2D eigenvalue weighted by atomic mass is 79.9. The maximum atomic E-state index is 8.70. The molecular formula is C11H12BrN5. The van der Waals surface area contributed by atoms with Crippen LogP contribution in [0.1, 0.15) is 12.5 Å². The minimum absolute atomic E-state index is 0.132. The van der Waals surface area contributed by atoms with Gasteiger partial charge < -0.3 is 5.73 Å². The number of aryl methyl sites for hydroxylation is 1. The zero-order valence-corrected chi connectivity index (χ0v) is 10.9. The van der Waals surface area contributed by atoms with Crippen molar-refractivity contribution in [1.29, 1.82) is 10.7 Å². The van der Waals surface area contributed by atoms with Crippen molar-refractivity contribution in [2.45, 2.75) is 13.3 Å². The van der Waals surface area contributed by atoms with Crippen molar-refractivity contribution in [3.8, 4) is 6.07 Å². The highest BCUT2D eigenvalue weighted by Crippen LogP contribution is 2.21. The van der Waals surface area contributed by atoms with Crippen LogP contribution in [-0.2, 0) is 6.42 Å². The summed E-state index contributed by atoms with van der Waals surface area (Å²) in [6.45, 7) is 2.02. The zero-order chi connectivity index (χ0) is 12.8. The van der Waals surface area contributed by atoms with Gasteiger partial charge in [-0.25, -0.2) is 0 Å². The Balaban J connectivity index is 2.99. The van der Waals surface area contributed by atoms with E-state index in [0.717, 1.165) is 22.1 Å². The van der Waals surface area contributed by atoms with Crippen LogP contribution in [0.15, 0.2) is 27.8 Å². The molecule has 0 unspecified atom stereocenters. The van der Waals surface area contributed by atoms with Crippen LogP contribution in [0.5, 0.6) is 0 Å². The first kappa shape index (κ1) is 13.2. The molecule has 1 rings (SSSR count). The Hall–Kier alpha value is -1.87. The average molecular weight is 294 g/mol. The van der Waals surface area contributed by atoms with Crippen LogP contribution in [0.3, 0.4) is 0 Å². The Bertz CT molecular complexity index is 501. The summed E-state index contributed by atoms with van der Waals surface area (Å²) in [5.74, 6) is -0.354. The Labute approximate surface area is 108 Å². The number of halogens is 1. The quantitative estimate of drug-likeness (QED) is 0.451. The molecule has 0 bridgehead atoms. The maximum absolute atomic E-state index is 8.70. The molecule has 0 aliphatic carbocycles. The van der Waals surface area contributed by atoms with E-state index in [1.807, 2.05) is 25.1 Å². The number of hydrogen-bond donors (Lipinski definition) is 3. The van der Waals surface area contributed by atoms with Crippen molar-refractivity contribution >= 4 is 33.2 Å². The van der Waals surface area contributed by atoms with Crippen molar-refractivity contribution in [1.82, 2.24) is 0 Å². The van der Waals surface area contributed by atoms with Gasteiger partial charge in [-0.3, -0.25) is 10.8 Å². The van der Waals surface area contributed by atoms with Crippen LogP contribution in [-0.4, -0.2) is 11.5 Å². The number of anilines is 1. The van der Waals surface area contributed by atoms with Gasteiger partial charge in [0.1, 0.15) is 6.07 Å². The minimum atomic E-state index is -0.354. The maximum Gasteiger partial charge on any atom is 0.201 e. The van der Waals surface area contributed by atoms with Crippen molar-refractivity contribution in [3.63, 3.8) is 0 Å². The highest BCUT2D eigenvalue weighted by Gasteiger charge is 2.03. The van der Waals surface area contributed by atoms with Crippen LogP contribution in [0.2, 0.25) is 0 Å². The second-order valence-corrected chi connectivity index (χ2v) is 4.17. The van der Waals surface area contributed by atoms with Crippen molar-refractivity contribution < 1.29 is 0 Å². The Morgan fingerprint density at radius 2 is 2.35 bits per heavy atom. The summed E-state index contributed by atoms with van der Waals surface area (Å²) in [5.41, 5.74) is 9.67. The molecule has 88 valence electrons. The molecule has 0 amide bonds. The Morgan fingerprint density at radius 1 is 1.65 bits per heavy atom. The molecule has 0 radical (unpaired) electrons. The van der Waals surface area contributed by atoms with Crippen molar-refractivity contribution in [2.75, 3.05) is 5.43 Å². The molecule has 1 aromatic rings. The molecule has 1 aromatic carbocycles. The highest BCUT2D eigenvalue weighted by molar-refractivity contribution is 9.10. The second kappa shape index (κ2) is 6.01. The predicted molar refractivity (Wildman–Crippen MR) is 72.1 cm³/mol. The van der Waals surface area contributed by atoms with Gasteiger partial charge in [-0.15, -0.1) is 0 Å². The lowest BCUT2D eigenvalue weighted by molar-refractivity contribution is 1.13. The van der Waals surface area contributed by atoms with E-state index in [1.54, 1.807) is 6.07 Å². The summed E-state index contributed by atoms with van der Waals surface area (Å²) < 4.78 is 0.911. The SMILES string of the molecule is CCc1ccc(Br)cc1N/N=C(\C#N)C(=N)N. The van der Waals surface area contributed by atoms with E-state index in [-0.39, 0.29) is 11.5 Å². The molecule has 4 N–H and O–H groups in total. The number of nitrogens with one attached hydrogen (secondary N) is 2. The van der Waals surface area contributed by atoms with Gasteiger partial charge in [0.25, 0.3) is 0 Å². The third-order valence-electron chi connectivity index (χ3n) is 2.10. The largest absolute Gasteiger partial charge is 0.382 e. The van der Waals surface area contributed by atoms with Crippen LogP contribution in [0, 0.1) is 16.7 Å². The van der Waals surface area contributed by atoms with E-state index in [0.29, 0.717) is 0 Å². The Morgan fingerprint density at radius 3 is 2.88 bits per heavy atom. The molecule has 0 saturated carbocycles. The van der Waals surface area contributed by atoms with Crippen LogP contribution in [0.4, 0.5) is 5.69 Å².